The second kappa shape index (κ2) is 3.26. The van der Waals surface area contributed by atoms with Crippen LogP contribution in [0.4, 0.5) is 5.82 Å². The molecule has 0 aromatic carbocycles. The van der Waals surface area contributed by atoms with Crippen LogP contribution in [-0.2, 0) is 7.05 Å². The molecule has 0 aliphatic carbocycles. The molecule has 0 aliphatic rings. The minimum atomic E-state index is -0.611. The summed E-state index contributed by atoms with van der Waals surface area (Å²) in [6, 6.07) is 0. The molecule has 0 aliphatic heterocycles. The lowest BCUT2D eigenvalue weighted by Crippen LogP contribution is -2.13. The Labute approximate surface area is 75.3 Å². The highest BCUT2D eigenvalue weighted by atomic mass is 16.1. The molecule has 13 heavy (non-hydrogen) atoms. The van der Waals surface area contributed by atoms with Crippen molar-refractivity contribution in [2.75, 3.05) is 0 Å². The van der Waals surface area contributed by atoms with Gasteiger partial charge in [0.15, 0.2) is 11.5 Å². The highest BCUT2D eigenvalue weighted by molar-refractivity contribution is 5.96. The molecule has 6 heteroatoms. The highest BCUT2D eigenvalue weighted by Crippen LogP contribution is 2.15. The number of primary amides is 1. The quantitative estimate of drug-likeness (QED) is 0.476. The zero-order chi connectivity index (χ0) is 10.0. The van der Waals surface area contributed by atoms with Gasteiger partial charge in [-0.25, -0.2) is 9.98 Å². The number of rotatable bonds is 2. The van der Waals surface area contributed by atoms with Gasteiger partial charge in [0.05, 0.1) is 12.2 Å². The summed E-state index contributed by atoms with van der Waals surface area (Å²) in [4.78, 5) is 18.6. The van der Waals surface area contributed by atoms with Crippen LogP contribution in [0.2, 0.25) is 0 Å². The second-order valence-corrected chi connectivity index (χ2v) is 2.65. The van der Waals surface area contributed by atoms with Crippen molar-refractivity contribution in [3.8, 4) is 0 Å². The average molecular weight is 181 g/mol. The van der Waals surface area contributed by atoms with Crippen molar-refractivity contribution in [3.05, 3.63) is 12.0 Å². The number of nitrogens with zero attached hydrogens (tertiary/aromatic N) is 3. The van der Waals surface area contributed by atoms with Gasteiger partial charge in [0.25, 0.3) is 5.91 Å². The average Bonchev–Trinajstić information content (AvgIpc) is 2.32. The number of aromatic nitrogens is 2. The molecule has 1 amide bonds. The fraction of sp³-hybridized carbons (Fsp3) is 0.286. The lowest BCUT2D eigenvalue weighted by atomic mass is 10.4. The van der Waals surface area contributed by atoms with Crippen molar-refractivity contribution in [2.45, 2.75) is 6.92 Å². The molecule has 1 heterocycles. The zero-order valence-electron chi connectivity index (χ0n) is 7.48. The topological polar surface area (TPSA) is 99.3 Å². The maximum atomic E-state index is 10.9. The molecule has 0 saturated heterocycles. The molecule has 0 saturated carbocycles. The molecule has 0 fully saturated rings. The van der Waals surface area contributed by atoms with E-state index < -0.39 is 5.91 Å². The lowest BCUT2D eigenvalue weighted by molar-refractivity contribution is 0.0996. The first kappa shape index (κ1) is 9.24. The third-order valence-electron chi connectivity index (χ3n) is 1.42. The van der Waals surface area contributed by atoms with Crippen molar-refractivity contribution in [3.63, 3.8) is 0 Å². The number of aliphatic imine (C=N–C) groups is 1. The Morgan fingerprint density at radius 3 is 2.69 bits per heavy atom. The van der Waals surface area contributed by atoms with Crippen LogP contribution in [0.1, 0.15) is 17.4 Å². The number of carbonyl (C=O) groups excluding carboxylic acids is 1. The molecule has 0 atom stereocenters. The van der Waals surface area contributed by atoms with E-state index in [0.29, 0.717) is 11.7 Å². The first-order valence-corrected chi connectivity index (χ1v) is 3.64. The van der Waals surface area contributed by atoms with Crippen molar-refractivity contribution >= 4 is 17.6 Å². The van der Waals surface area contributed by atoms with Crippen molar-refractivity contribution in [1.29, 1.82) is 0 Å². The molecular formula is C7H11N5O. The van der Waals surface area contributed by atoms with Gasteiger partial charge in [-0.05, 0) is 6.92 Å². The van der Waals surface area contributed by atoms with E-state index in [1.807, 2.05) is 0 Å². The summed E-state index contributed by atoms with van der Waals surface area (Å²) in [6.45, 7) is 1.62. The number of aryl methyl sites for hydroxylation is 1. The van der Waals surface area contributed by atoms with Gasteiger partial charge in [-0.3, -0.25) is 4.79 Å². The number of amidine groups is 1. The summed E-state index contributed by atoms with van der Waals surface area (Å²) >= 11 is 0. The van der Waals surface area contributed by atoms with E-state index in [0.717, 1.165) is 0 Å². The van der Waals surface area contributed by atoms with Gasteiger partial charge < -0.3 is 16.0 Å². The molecule has 0 bridgehead atoms. The molecule has 1 aromatic rings. The summed E-state index contributed by atoms with van der Waals surface area (Å²) in [6.07, 6.45) is 1.46. The Kier molecular flexibility index (Phi) is 2.32. The Bertz CT molecular complexity index is 361. The molecule has 0 radical (unpaired) electrons. The summed E-state index contributed by atoms with van der Waals surface area (Å²) in [5.74, 6) is 0.124. The Morgan fingerprint density at radius 2 is 2.23 bits per heavy atom. The smallest absolute Gasteiger partial charge is 0.271 e. The summed E-state index contributed by atoms with van der Waals surface area (Å²) < 4.78 is 1.58. The predicted molar refractivity (Wildman–Crippen MR) is 48.7 cm³/mol. The van der Waals surface area contributed by atoms with Gasteiger partial charge in [0.2, 0.25) is 0 Å². The van der Waals surface area contributed by atoms with Gasteiger partial charge in [-0.2, -0.15) is 0 Å². The number of carbonyl (C=O) groups is 1. The van der Waals surface area contributed by atoms with E-state index in [1.54, 1.807) is 18.5 Å². The zero-order valence-corrected chi connectivity index (χ0v) is 7.48. The minimum absolute atomic E-state index is 0.132. The standard InChI is InChI=1S/C7H11N5O/c1-4(8)11-7-5(6(9)13)10-3-12(7)2/h3H,1-2H3,(H2,8,11)(H2,9,13). The molecule has 0 spiro atoms. The normalized spacial score (nSPS) is 11.7. The molecular weight excluding hydrogens is 170 g/mol. The fourth-order valence-corrected chi connectivity index (χ4v) is 0.896. The number of amides is 1. The van der Waals surface area contributed by atoms with E-state index >= 15 is 0 Å². The minimum Gasteiger partial charge on any atom is -0.387 e. The maximum absolute atomic E-state index is 10.9. The summed E-state index contributed by atoms with van der Waals surface area (Å²) in [5, 5.41) is 0. The van der Waals surface area contributed by atoms with Crippen LogP contribution >= 0.6 is 0 Å². The van der Waals surface area contributed by atoms with E-state index in [-0.39, 0.29) is 5.69 Å². The van der Waals surface area contributed by atoms with Crippen LogP contribution in [0.15, 0.2) is 11.3 Å². The Morgan fingerprint density at radius 1 is 1.62 bits per heavy atom. The first-order valence-electron chi connectivity index (χ1n) is 3.64. The molecule has 1 rings (SSSR count). The van der Waals surface area contributed by atoms with Crippen LogP contribution in [0, 0.1) is 0 Å². The fourth-order valence-electron chi connectivity index (χ4n) is 0.896. The second-order valence-electron chi connectivity index (χ2n) is 2.65. The third kappa shape index (κ3) is 1.84. The van der Waals surface area contributed by atoms with Crippen LogP contribution < -0.4 is 11.5 Å². The van der Waals surface area contributed by atoms with Crippen LogP contribution in [0.25, 0.3) is 0 Å². The largest absolute Gasteiger partial charge is 0.387 e. The van der Waals surface area contributed by atoms with Gasteiger partial charge >= 0.3 is 0 Å². The van der Waals surface area contributed by atoms with Crippen LogP contribution in [0.3, 0.4) is 0 Å². The number of nitrogens with two attached hydrogens (primary N) is 2. The highest BCUT2D eigenvalue weighted by Gasteiger charge is 2.12. The van der Waals surface area contributed by atoms with Gasteiger partial charge in [-0.15, -0.1) is 0 Å². The van der Waals surface area contributed by atoms with E-state index in [9.17, 15) is 4.79 Å². The number of hydrogen-bond donors (Lipinski definition) is 2. The van der Waals surface area contributed by atoms with E-state index in [4.69, 9.17) is 11.5 Å². The predicted octanol–water partition coefficient (Wildman–Crippen LogP) is -0.472. The monoisotopic (exact) mass is 181 g/mol. The molecule has 6 nitrogen and oxygen atoms in total. The maximum Gasteiger partial charge on any atom is 0.271 e. The van der Waals surface area contributed by atoms with Crippen LogP contribution in [-0.4, -0.2) is 21.3 Å². The van der Waals surface area contributed by atoms with Gasteiger partial charge in [0, 0.05) is 7.05 Å². The number of imidazole rings is 1. The summed E-state index contributed by atoms with van der Waals surface area (Å²) in [7, 11) is 1.71. The SMILES string of the molecule is CC(N)=Nc1c(C(N)=O)ncn1C. The van der Waals surface area contributed by atoms with Crippen LogP contribution in [0.5, 0.6) is 0 Å². The Hall–Kier alpha value is -1.85. The lowest BCUT2D eigenvalue weighted by Gasteiger charge is -1.97. The van der Waals surface area contributed by atoms with E-state index in [2.05, 4.69) is 9.98 Å². The Balaban J connectivity index is 3.24. The number of hydrogen-bond acceptors (Lipinski definition) is 3. The molecule has 70 valence electrons. The first-order chi connectivity index (χ1) is 6.02. The molecule has 1 aromatic heterocycles. The van der Waals surface area contributed by atoms with Crippen molar-refractivity contribution in [1.82, 2.24) is 9.55 Å². The molecule has 0 unspecified atom stereocenters. The van der Waals surface area contributed by atoms with Gasteiger partial charge in [0.1, 0.15) is 0 Å². The van der Waals surface area contributed by atoms with Crippen molar-refractivity contribution in [2.24, 2.45) is 23.5 Å². The van der Waals surface area contributed by atoms with E-state index in [1.165, 1.54) is 6.33 Å². The van der Waals surface area contributed by atoms with Crippen molar-refractivity contribution < 1.29 is 4.79 Å². The molecule has 4 N–H and O–H groups in total. The summed E-state index contributed by atoms with van der Waals surface area (Å²) in [5.41, 5.74) is 10.6. The third-order valence-corrected chi connectivity index (χ3v) is 1.42. The van der Waals surface area contributed by atoms with Gasteiger partial charge in [-0.1, -0.05) is 0 Å².